The molecule has 0 fully saturated rings. The van der Waals surface area contributed by atoms with E-state index in [0.29, 0.717) is 30.0 Å². The van der Waals surface area contributed by atoms with Crippen LogP contribution in [0.1, 0.15) is 38.3 Å². The van der Waals surface area contributed by atoms with E-state index in [9.17, 15) is 9.59 Å². The predicted octanol–water partition coefficient (Wildman–Crippen LogP) is 5.31. The minimum Gasteiger partial charge on any atom is -0.385 e. The zero-order chi connectivity index (χ0) is 22.8. The number of thioether (sulfide) groups is 1. The van der Waals surface area contributed by atoms with E-state index in [2.05, 4.69) is 41.8 Å². The lowest BCUT2D eigenvalue weighted by atomic mass is 10.1. The molecule has 2 amide bonds. The Morgan fingerprint density at radius 2 is 1.62 bits per heavy atom. The summed E-state index contributed by atoms with van der Waals surface area (Å²) in [5.74, 6) is 0.361. The summed E-state index contributed by atoms with van der Waals surface area (Å²) in [6, 6.07) is 23.0. The van der Waals surface area contributed by atoms with Crippen molar-refractivity contribution in [3.8, 4) is 0 Å². The summed E-state index contributed by atoms with van der Waals surface area (Å²) in [6.07, 6.45) is 0.727. The highest BCUT2D eigenvalue weighted by Gasteiger charge is 2.14. The summed E-state index contributed by atoms with van der Waals surface area (Å²) >= 11 is 1.76. The number of anilines is 1. The first kappa shape index (κ1) is 23.6. The lowest BCUT2D eigenvalue weighted by Gasteiger charge is -2.12. The van der Waals surface area contributed by atoms with Crippen molar-refractivity contribution in [3.63, 3.8) is 0 Å². The number of rotatable bonds is 10. The van der Waals surface area contributed by atoms with Gasteiger partial charge in [0.25, 0.3) is 11.8 Å². The van der Waals surface area contributed by atoms with E-state index in [1.165, 1.54) is 10.5 Å². The van der Waals surface area contributed by atoms with Crippen LogP contribution in [0, 0.1) is 6.92 Å². The number of carbonyl (C=O) groups is 2. The van der Waals surface area contributed by atoms with Crippen LogP contribution in [0.4, 0.5) is 5.69 Å². The molecule has 166 valence electrons. The second kappa shape index (κ2) is 12.1. The Morgan fingerprint density at radius 3 is 2.34 bits per heavy atom. The molecule has 0 heterocycles. The fourth-order valence-electron chi connectivity index (χ4n) is 3.05. The number of para-hydroxylation sites is 1. The van der Waals surface area contributed by atoms with Crippen LogP contribution < -0.4 is 10.6 Å². The Bertz CT molecular complexity index is 1030. The number of nitrogens with one attached hydrogen (secondary N) is 2. The van der Waals surface area contributed by atoms with Gasteiger partial charge in [-0.1, -0.05) is 42.0 Å². The van der Waals surface area contributed by atoms with Gasteiger partial charge in [-0.2, -0.15) is 0 Å². The maximum Gasteiger partial charge on any atom is 0.255 e. The third kappa shape index (κ3) is 6.97. The Labute approximate surface area is 193 Å². The lowest BCUT2D eigenvalue weighted by Crippen LogP contribution is -2.26. The molecule has 0 saturated heterocycles. The minimum absolute atomic E-state index is 0.222. The largest absolute Gasteiger partial charge is 0.385 e. The highest BCUT2D eigenvalue weighted by atomic mass is 32.2. The van der Waals surface area contributed by atoms with Crippen molar-refractivity contribution in [2.45, 2.75) is 24.0 Å². The zero-order valence-electron chi connectivity index (χ0n) is 18.4. The van der Waals surface area contributed by atoms with Crippen LogP contribution in [0.2, 0.25) is 0 Å². The molecule has 0 aliphatic heterocycles. The SMILES string of the molecule is COCCCNC(=O)c1ccccc1NC(=O)c1ccc(CSc2ccc(C)cc2)cc1. The zero-order valence-corrected chi connectivity index (χ0v) is 19.2. The molecule has 0 atom stereocenters. The van der Waals surface area contributed by atoms with Crippen molar-refractivity contribution < 1.29 is 14.3 Å². The maximum absolute atomic E-state index is 12.7. The molecule has 3 aromatic carbocycles. The average molecular weight is 449 g/mol. The van der Waals surface area contributed by atoms with Gasteiger partial charge in [0.15, 0.2) is 0 Å². The number of benzene rings is 3. The Balaban J connectivity index is 1.58. The molecule has 0 aliphatic carbocycles. The molecule has 3 rings (SSSR count). The van der Waals surface area contributed by atoms with Crippen LogP contribution in [0.15, 0.2) is 77.7 Å². The lowest BCUT2D eigenvalue weighted by molar-refractivity contribution is 0.0949. The van der Waals surface area contributed by atoms with Gasteiger partial charge in [0.1, 0.15) is 0 Å². The molecule has 6 heteroatoms. The van der Waals surface area contributed by atoms with Crippen LogP contribution in [-0.2, 0) is 10.5 Å². The van der Waals surface area contributed by atoms with Gasteiger partial charge in [0.2, 0.25) is 0 Å². The molecule has 0 radical (unpaired) electrons. The van der Waals surface area contributed by atoms with E-state index >= 15 is 0 Å². The number of hydrogen-bond donors (Lipinski definition) is 2. The average Bonchev–Trinajstić information content (AvgIpc) is 2.82. The van der Waals surface area contributed by atoms with Crippen molar-refractivity contribution in [2.75, 3.05) is 25.6 Å². The van der Waals surface area contributed by atoms with Crippen molar-refractivity contribution in [1.29, 1.82) is 0 Å². The molecular formula is C26H28N2O3S. The van der Waals surface area contributed by atoms with Crippen molar-refractivity contribution in [1.82, 2.24) is 5.32 Å². The van der Waals surface area contributed by atoms with Crippen LogP contribution in [-0.4, -0.2) is 32.1 Å². The Hall–Kier alpha value is -3.09. The summed E-state index contributed by atoms with van der Waals surface area (Å²) in [5.41, 5.74) is 3.85. The summed E-state index contributed by atoms with van der Waals surface area (Å²) in [4.78, 5) is 26.5. The van der Waals surface area contributed by atoms with Crippen LogP contribution in [0.25, 0.3) is 0 Å². The fraction of sp³-hybridized carbons (Fsp3) is 0.231. The number of ether oxygens (including phenoxy) is 1. The third-order valence-corrected chi connectivity index (χ3v) is 5.96. The van der Waals surface area contributed by atoms with Gasteiger partial charge in [-0.25, -0.2) is 0 Å². The topological polar surface area (TPSA) is 67.4 Å². The number of carbonyl (C=O) groups excluding carboxylic acids is 2. The van der Waals surface area contributed by atoms with E-state index in [4.69, 9.17) is 4.74 Å². The van der Waals surface area contributed by atoms with E-state index in [1.54, 1.807) is 43.1 Å². The van der Waals surface area contributed by atoms with Gasteiger partial charge in [0, 0.05) is 36.5 Å². The third-order valence-electron chi connectivity index (χ3n) is 4.87. The molecule has 0 unspecified atom stereocenters. The maximum atomic E-state index is 12.7. The van der Waals surface area contributed by atoms with Crippen molar-refractivity contribution in [2.24, 2.45) is 0 Å². The molecule has 0 saturated carbocycles. The van der Waals surface area contributed by atoms with Crippen LogP contribution >= 0.6 is 11.8 Å². The number of hydrogen-bond acceptors (Lipinski definition) is 4. The summed E-state index contributed by atoms with van der Waals surface area (Å²) in [6.45, 7) is 3.17. The molecule has 2 N–H and O–H groups in total. The monoisotopic (exact) mass is 448 g/mol. The van der Waals surface area contributed by atoms with Gasteiger partial charge < -0.3 is 15.4 Å². The number of methoxy groups -OCH3 is 1. The summed E-state index contributed by atoms with van der Waals surface area (Å²) in [5, 5.41) is 5.71. The highest BCUT2D eigenvalue weighted by Crippen LogP contribution is 2.23. The summed E-state index contributed by atoms with van der Waals surface area (Å²) in [7, 11) is 1.63. The first-order valence-corrected chi connectivity index (χ1v) is 11.5. The van der Waals surface area contributed by atoms with E-state index < -0.39 is 0 Å². The molecule has 0 aromatic heterocycles. The molecule has 0 bridgehead atoms. The second-order valence-corrected chi connectivity index (χ2v) is 8.45. The molecule has 3 aromatic rings. The highest BCUT2D eigenvalue weighted by molar-refractivity contribution is 7.98. The quantitative estimate of drug-likeness (QED) is 0.326. The van der Waals surface area contributed by atoms with Gasteiger partial charge >= 0.3 is 0 Å². The normalized spacial score (nSPS) is 10.6. The molecule has 5 nitrogen and oxygen atoms in total. The number of amides is 2. The van der Waals surface area contributed by atoms with E-state index in [-0.39, 0.29) is 11.8 Å². The molecule has 0 aliphatic rings. The standard InChI is InChI=1S/C26H28N2O3S/c1-19-8-14-22(15-9-19)32-18-20-10-12-21(13-11-20)25(29)28-24-7-4-3-6-23(24)26(30)27-16-5-17-31-2/h3-4,6-15H,5,16-18H2,1-2H3,(H,27,30)(H,28,29). The van der Waals surface area contributed by atoms with Crippen molar-refractivity contribution >= 4 is 29.3 Å². The number of aryl methyl sites for hydroxylation is 1. The van der Waals surface area contributed by atoms with E-state index in [0.717, 1.165) is 17.7 Å². The Kier molecular flexibility index (Phi) is 8.90. The molecular weight excluding hydrogens is 420 g/mol. The van der Waals surface area contributed by atoms with Crippen LogP contribution in [0.5, 0.6) is 0 Å². The minimum atomic E-state index is -0.248. The predicted molar refractivity (Wildman–Crippen MR) is 130 cm³/mol. The van der Waals surface area contributed by atoms with Gasteiger partial charge in [-0.3, -0.25) is 9.59 Å². The first-order valence-electron chi connectivity index (χ1n) is 10.5. The summed E-state index contributed by atoms with van der Waals surface area (Å²) < 4.78 is 5.00. The Morgan fingerprint density at radius 1 is 0.906 bits per heavy atom. The van der Waals surface area contributed by atoms with Gasteiger partial charge in [0.05, 0.1) is 11.3 Å². The second-order valence-electron chi connectivity index (χ2n) is 7.40. The van der Waals surface area contributed by atoms with Crippen molar-refractivity contribution in [3.05, 3.63) is 95.1 Å². The van der Waals surface area contributed by atoms with Gasteiger partial charge in [-0.05, 0) is 55.3 Å². The van der Waals surface area contributed by atoms with Gasteiger partial charge in [-0.15, -0.1) is 11.8 Å². The first-order chi connectivity index (χ1) is 15.6. The molecule has 0 spiro atoms. The van der Waals surface area contributed by atoms with Crippen LogP contribution in [0.3, 0.4) is 0 Å². The molecule has 32 heavy (non-hydrogen) atoms. The fourth-order valence-corrected chi connectivity index (χ4v) is 3.91. The van der Waals surface area contributed by atoms with E-state index in [1.807, 2.05) is 24.3 Å². The smallest absolute Gasteiger partial charge is 0.255 e.